The molecule has 108 valence electrons. The van der Waals surface area contributed by atoms with Gasteiger partial charge >= 0.3 is 6.01 Å². The van der Waals surface area contributed by atoms with E-state index in [2.05, 4.69) is 9.97 Å². The van der Waals surface area contributed by atoms with Crippen LogP contribution in [0.2, 0.25) is 0 Å². The molecule has 0 radical (unpaired) electrons. The fraction of sp³-hybridized carbons (Fsp3) is 0.385. The number of benzene rings is 1. The van der Waals surface area contributed by atoms with Crippen LogP contribution in [0.5, 0.6) is 29.1 Å². The van der Waals surface area contributed by atoms with E-state index in [1.54, 1.807) is 0 Å². The van der Waals surface area contributed by atoms with E-state index in [9.17, 15) is 10.2 Å². The van der Waals surface area contributed by atoms with Crippen molar-refractivity contribution in [2.24, 2.45) is 0 Å². The number of nitrogens with zero attached hydrogens (tertiary/aromatic N) is 2. The Hall–Kier alpha value is -2.44. The topological polar surface area (TPSA) is 93.9 Å². The molecule has 0 fully saturated rings. The number of rotatable bonds is 4. The molecule has 0 bridgehead atoms. The Morgan fingerprint density at radius 1 is 1.05 bits per heavy atom. The molecule has 1 heterocycles. The predicted octanol–water partition coefficient (Wildman–Crippen LogP) is 1.85. The second kappa shape index (κ2) is 5.28. The summed E-state index contributed by atoms with van der Waals surface area (Å²) in [6, 6.07) is 1.00. The van der Waals surface area contributed by atoms with Crippen molar-refractivity contribution in [2.75, 3.05) is 14.2 Å². The van der Waals surface area contributed by atoms with Gasteiger partial charge in [0, 0.05) is 6.07 Å². The first kappa shape index (κ1) is 14.0. The van der Waals surface area contributed by atoms with Crippen molar-refractivity contribution < 1.29 is 24.4 Å². The Morgan fingerprint density at radius 2 is 1.75 bits per heavy atom. The SMILES string of the molecule is COc1cc2nc(O)nc(O)c2c(OC(C)C)c1OC. The lowest BCUT2D eigenvalue weighted by Crippen LogP contribution is -2.08. The van der Waals surface area contributed by atoms with E-state index in [4.69, 9.17) is 14.2 Å². The predicted molar refractivity (Wildman–Crippen MR) is 71.7 cm³/mol. The zero-order valence-electron chi connectivity index (χ0n) is 11.7. The van der Waals surface area contributed by atoms with Gasteiger partial charge < -0.3 is 24.4 Å². The van der Waals surface area contributed by atoms with Gasteiger partial charge in [0.25, 0.3) is 0 Å². The molecule has 2 N–H and O–H groups in total. The van der Waals surface area contributed by atoms with Gasteiger partial charge in [0.05, 0.1) is 25.8 Å². The number of hydrogen-bond acceptors (Lipinski definition) is 7. The minimum Gasteiger partial charge on any atom is -0.493 e. The Labute approximate surface area is 115 Å². The Balaban J connectivity index is 2.86. The fourth-order valence-electron chi connectivity index (χ4n) is 1.88. The van der Waals surface area contributed by atoms with Crippen LogP contribution in [-0.4, -0.2) is 40.5 Å². The summed E-state index contributed by atoms with van der Waals surface area (Å²) in [6.45, 7) is 3.67. The number of ether oxygens (including phenoxy) is 3. The van der Waals surface area contributed by atoms with Gasteiger partial charge in [-0.3, -0.25) is 0 Å². The van der Waals surface area contributed by atoms with Crippen molar-refractivity contribution in [3.8, 4) is 29.1 Å². The third-order valence-corrected chi connectivity index (χ3v) is 2.61. The standard InChI is InChI=1S/C13H16N2O5/c1-6(2)20-11-9-7(14-13(17)15-12(9)16)5-8(18-3)10(11)19-4/h5-6H,1-4H3,(H2,14,15,16,17). The molecule has 0 saturated heterocycles. The summed E-state index contributed by atoms with van der Waals surface area (Å²) in [7, 11) is 2.94. The lowest BCUT2D eigenvalue weighted by Gasteiger charge is -2.18. The van der Waals surface area contributed by atoms with Gasteiger partial charge in [0.2, 0.25) is 11.6 Å². The first-order chi connectivity index (χ1) is 9.47. The maximum Gasteiger partial charge on any atom is 0.317 e. The van der Waals surface area contributed by atoms with E-state index < -0.39 is 6.01 Å². The molecule has 0 amide bonds. The quantitative estimate of drug-likeness (QED) is 0.882. The van der Waals surface area contributed by atoms with Crippen LogP contribution in [0.25, 0.3) is 10.9 Å². The van der Waals surface area contributed by atoms with E-state index in [0.717, 1.165) is 0 Å². The number of aromatic nitrogens is 2. The van der Waals surface area contributed by atoms with E-state index in [1.165, 1.54) is 20.3 Å². The third kappa shape index (κ3) is 2.34. The highest BCUT2D eigenvalue weighted by Crippen LogP contribution is 2.46. The summed E-state index contributed by atoms with van der Waals surface area (Å²) in [5.74, 6) is 0.602. The highest BCUT2D eigenvalue weighted by Gasteiger charge is 2.22. The first-order valence-electron chi connectivity index (χ1n) is 5.99. The number of aromatic hydroxyl groups is 2. The molecule has 1 aromatic carbocycles. The van der Waals surface area contributed by atoms with Gasteiger partial charge in [-0.05, 0) is 13.8 Å². The molecule has 0 atom stereocenters. The van der Waals surface area contributed by atoms with E-state index in [0.29, 0.717) is 17.0 Å². The van der Waals surface area contributed by atoms with Crippen LogP contribution in [-0.2, 0) is 0 Å². The molecule has 7 nitrogen and oxygen atoms in total. The summed E-state index contributed by atoms with van der Waals surface area (Å²) < 4.78 is 16.2. The molecule has 20 heavy (non-hydrogen) atoms. The molecule has 7 heteroatoms. The van der Waals surface area contributed by atoms with Crippen molar-refractivity contribution in [1.29, 1.82) is 0 Å². The molecule has 0 aliphatic carbocycles. The van der Waals surface area contributed by atoms with Crippen molar-refractivity contribution in [1.82, 2.24) is 9.97 Å². The monoisotopic (exact) mass is 280 g/mol. The highest BCUT2D eigenvalue weighted by molar-refractivity contribution is 5.94. The van der Waals surface area contributed by atoms with Crippen LogP contribution in [0.3, 0.4) is 0 Å². The lowest BCUT2D eigenvalue weighted by molar-refractivity contribution is 0.229. The lowest BCUT2D eigenvalue weighted by atomic mass is 10.2. The maximum atomic E-state index is 9.94. The van der Waals surface area contributed by atoms with Gasteiger partial charge in [-0.2, -0.15) is 9.97 Å². The summed E-state index contributed by atoms with van der Waals surface area (Å²) in [5, 5.41) is 19.6. The van der Waals surface area contributed by atoms with Crippen molar-refractivity contribution in [3.63, 3.8) is 0 Å². The molecule has 0 unspecified atom stereocenters. The summed E-state index contributed by atoms with van der Waals surface area (Å²) >= 11 is 0. The minimum absolute atomic E-state index is 0.160. The molecule has 1 aromatic heterocycles. The van der Waals surface area contributed by atoms with Crippen molar-refractivity contribution in [2.45, 2.75) is 20.0 Å². The number of fused-ring (bicyclic) bond motifs is 1. The normalized spacial score (nSPS) is 10.8. The number of hydrogen-bond donors (Lipinski definition) is 2. The Kier molecular flexibility index (Phi) is 3.69. The van der Waals surface area contributed by atoms with Gasteiger partial charge in [0.1, 0.15) is 5.39 Å². The van der Waals surface area contributed by atoms with E-state index in [1.807, 2.05) is 13.8 Å². The van der Waals surface area contributed by atoms with Crippen LogP contribution in [0.4, 0.5) is 0 Å². The van der Waals surface area contributed by atoms with Gasteiger partial charge in [0.15, 0.2) is 11.5 Å². The third-order valence-electron chi connectivity index (χ3n) is 2.61. The Morgan fingerprint density at radius 3 is 2.30 bits per heavy atom. The smallest absolute Gasteiger partial charge is 0.317 e. The van der Waals surface area contributed by atoms with Crippen molar-refractivity contribution >= 4 is 10.9 Å². The van der Waals surface area contributed by atoms with Crippen LogP contribution in [0.15, 0.2) is 6.07 Å². The minimum atomic E-state index is -0.530. The average molecular weight is 280 g/mol. The van der Waals surface area contributed by atoms with Crippen LogP contribution in [0, 0.1) is 0 Å². The molecule has 0 aliphatic heterocycles. The summed E-state index contributed by atoms with van der Waals surface area (Å²) in [5.41, 5.74) is 0.295. The van der Waals surface area contributed by atoms with E-state index in [-0.39, 0.29) is 23.1 Å². The molecule has 2 rings (SSSR count). The van der Waals surface area contributed by atoms with Crippen LogP contribution < -0.4 is 14.2 Å². The van der Waals surface area contributed by atoms with Crippen LogP contribution >= 0.6 is 0 Å². The van der Waals surface area contributed by atoms with Crippen LogP contribution in [0.1, 0.15) is 13.8 Å². The summed E-state index contributed by atoms with van der Waals surface area (Å²) in [4.78, 5) is 7.38. The fourth-order valence-corrected chi connectivity index (χ4v) is 1.88. The maximum absolute atomic E-state index is 9.94. The molecule has 0 aliphatic rings. The highest BCUT2D eigenvalue weighted by atomic mass is 16.5. The second-order valence-corrected chi connectivity index (χ2v) is 4.35. The molecule has 0 saturated carbocycles. The Bertz CT molecular complexity index is 642. The van der Waals surface area contributed by atoms with Crippen molar-refractivity contribution in [3.05, 3.63) is 6.07 Å². The first-order valence-corrected chi connectivity index (χ1v) is 5.99. The van der Waals surface area contributed by atoms with E-state index >= 15 is 0 Å². The molecule has 0 spiro atoms. The van der Waals surface area contributed by atoms with Gasteiger partial charge in [-0.1, -0.05) is 0 Å². The van der Waals surface area contributed by atoms with Gasteiger partial charge in [-0.15, -0.1) is 0 Å². The van der Waals surface area contributed by atoms with Gasteiger partial charge in [-0.25, -0.2) is 0 Å². The molecular weight excluding hydrogens is 264 g/mol. The molecular formula is C13H16N2O5. The number of methoxy groups -OCH3 is 2. The molecule has 2 aromatic rings. The zero-order chi connectivity index (χ0) is 14.9. The summed E-state index contributed by atoms with van der Waals surface area (Å²) in [6.07, 6.45) is -0.160. The zero-order valence-corrected chi connectivity index (χ0v) is 11.7. The largest absolute Gasteiger partial charge is 0.493 e. The second-order valence-electron chi connectivity index (χ2n) is 4.35. The average Bonchev–Trinajstić information content (AvgIpc) is 2.36.